The van der Waals surface area contributed by atoms with Crippen LogP contribution in [0.15, 0.2) is 16.6 Å². The van der Waals surface area contributed by atoms with Crippen molar-refractivity contribution in [2.75, 3.05) is 0 Å². The number of hydrogen-bond acceptors (Lipinski definition) is 1. The maximum Gasteiger partial charge on any atom is 0.0303 e. The summed E-state index contributed by atoms with van der Waals surface area (Å²) < 4.78 is 1.22. The Morgan fingerprint density at radius 1 is 1.50 bits per heavy atom. The number of rotatable bonds is 0. The Hall–Kier alpha value is -0.340. The molecule has 1 nitrogen and oxygen atoms in total. The van der Waals surface area contributed by atoms with E-state index in [1.807, 2.05) is 0 Å². The third-order valence-corrected chi connectivity index (χ3v) is 3.34. The first-order valence-electron chi connectivity index (χ1n) is 4.23. The van der Waals surface area contributed by atoms with Crippen molar-refractivity contribution < 1.29 is 0 Å². The summed E-state index contributed by atoms with van der Waals surface area (Å²) in [5, 5.41) is 0. The van der Waals surface area contributed by atoms with Crippen LogP contribution < -0.4 is 5.73 Å². The van der Waals surface area contributed by atoms with Gasteiger partial charge in [0.15, 0.2) is 0 Å². The first kappa shape index (κ1) is 8.27. The number of benzene rings is 1. The molecule has 12 heavy (non-hydrogen) atoms. The van der Waals surface area contributed by atoms with Gasteiger partial charge in [-0.05, 0) is 42.5 Å². The van der Waals surface area contributed by atoms with Gasteiger partial charge in [0.25, 0.3) is 0 Å². The van der Waals surface area contributed by atoms with Crippen molar-refractivity contribution in [1.82, 2.24) is 0 Å². The van der Waals surface area contributed by atoms with Crippen LogP contribution in [0.1, 0.15) is 29.2 Å². The molecule has 2 heteroatoms. The molecule has 0 fully saturated rings. The van der Waals surface area contributed by atoms with Gasteiger partial charge in [0.1, 0.15) is 0 Å². The number of hydrogen-bond donors (Lipinski definition) is 1. The fourth-order valence-corrected chi connectivity index (χ4v) is 2.51. The summed E-state index contributed by atoms with van der Waals surface area (Å²) in [7, 11) is 0. The second kappa shape index (κ2) is 2.86. The van der Waals surface area contributed by atoms with Gasteiger partial charge in [0, 0.05) is 10.5 Å². The van der Waals surface area contributed by atoms with E-state index in [-0.39, 0.29) is 6.04 Å². The minimum Gasteiger partial charge on any atom is -0.324 e. The average molecular weight is 226 g/mol. The normalized spacial score (nSPS) is 21.1. The molecule has 0 amide bonds. The largest absolute Gasteiger partial charge is 0.324 e. The van der Waals surface area contributed by atoms with Gasteiger partial charge in [-0.2, -0.15) is 0 Å². The average Bonchev–Trinajstić information content (AvgIpc) is 2.42. The number of fused-ring (bicyclic) bond motifs is 1. The molecule has 64 valence electrons. The monoisotopic (exact) mass is 225 g/mol. The maximum atomic E-state index is 6.00. The van der Waals surface area contributed by atoms with E-state index in [1.54, 1.807) is 0 Å². The standard InChI is InChI=1S/C10H12BrN/c1-6-2-4-8(11)7-3-5-9(12)10(6)7/h2,4,9H,3,5,12H2,1H3/t9-/m1/s1. The van der Waals surface area contributed by atoms with Crippen LogP contribution in [0.3, 0.4) is 0 Å². The van der Waals surface area contributed by atoms with E-state index in [4.69, 9.17) is 5.73 Å². The molecule has 0 saturated heterocycles. The Morgan fingerprint density at radius 3 is 2.92 bits per heavy atom. The van der Waals surface area contributed by atoms with Crippen LogP contribution in [-0.2, 0) is 6.42 Å². The van der Waals surface area contributed by atoms with Crippen molar-refractivity contribution in [1.29, 1.82) is 0 Å². The van der Waals surface area contributed by atoms with Crippen LogP contribution in [0.2, 0.25) is 0 Å². The summed E-state index contributed by atoms with van der Waals surface area (Å²) in [6.07, 6.45) is 2.22. The molecule has 0 aliphatic heterocycles. The molecule has 2 N–H and O–H groups in total. The molecule has 0 heterocycles. The zero-order chi connectivity index (χ0) is 8.72. The molecular weight excluding hydrogens is 214 g/mol. The summed E-state index contributed by atoms with van der Waals surface area (Å²) >= 11 is 3.55. The first-order chi connectivity index (χ1) is 5.70. The topological polar surface area (TPSA) is 26.0 Å². The minimum atomic E-state index is 0.262. The zero-order valence-electron chi connectivity index (χ0n) is 7.10. The van der Waals surface area contributed by atoms with Gasteiger partial charge >= 0.3 is 0 Å². The molecule has 1 aromatic rings. The van der Waals surface area contributed by atoms with Crippen LogP contribution in [-0.4, -0.2) is 0 Å². The van der Waals surface area contributed by atoms with E-state index < -0.39 is 0 Å². The molecule has 0 saturated carbocycles. The molecule has 1 aromatic carbocycles. The summed E-state index contributed by atoms with van der Waals surface area (Å²) in [5.41, 5.74) is 10.1. The summed E-state index contributed by atoms with van der Waals surface area (Å²) in [4.78, 5) is 0. The minimum absolute atomic E-state index is 0.262. The van der Waals surface area contributed by atoms with Crippen molar-refractivity contribution in [3.8, 4) is 0 Å². The zero-order valence-corrected chi connectivity index (χ0v) is 8.69. The van der Waals surface area contributed by atoms with E-state index in [0.29, 0.717) is 0 Å². The van der Waals surface area contributed by atoms with Crippen LogP contribution >= 0.6 is 15.9 Å². The van der Waals surface area contributed by atoms with E-state index in [2.05, 4.69) is 35.0 Å². The second-order valence-corrected chi connectivity index (χ2v) is 4.26. The lowest BCUT2D eigenvalue weighted by Crippen LogP contribution is -2.06. The van der Waals surface area contributed by atoms with Crippen molar-refractivity contribution in [2.24, 2.45) is 5.73 Å². The van der Waals surface area contributed by atoms with Crippen molar-refractivity contribution in [2.45, 2.75) is 25.8 Å². The third-order valence-electron chi connectivity index (χ3n) is 2.59. The third kappa shape index (κ3) is 1.10. The fraction of sp³-hybridized carbons (Fsp3) is 0.400. The lowest BCUT2D eigenvalue weighted by molar-refractivity contribution is 0.710. The maximum absolute atomic E-state index is 6.00. The highest BCUT2D eigenvalue weighted by Crippen LogP contribution is 2.36. The van der Waals surface area contributed by atoms with Crippen LogP contribution in [0, 0.1) is 6.92 Å². The summed E-state index contributed by atoms with van der Waals surface area (Å²) in [6, 6.07) is 4.51. The summed E-state index contributed by atoms with van der Waals surface area (Å²) in [5.74, 6) is 0. The van der Waals surface area contributed by atoms with Crippen molar-refractivity contribution >= 4 is 15.9 Å². The van der Waals surface area contributed by atoms with Gasteiger partial charge in [0.2, 0.25) is 0 Å². The Labute approximate surface area is 81.1 Å². The molecule has 2 rings (SSSR count). The van der Waals surface area contributed by atoms with Crippen LogP contribution in [0.5, 0.6) is 0 Å². The highest BCUT2D eigenvalue weighted by Gasteiger charge is 2.22. The smallest absolute Gasteiger partial charge is 0.0303 e. The Morgan fingerprint density at radius 2 is 2.25 bits per heavy atom. The molecule has 0 radical (unpaired) electrons. The van der Waals surface area contributed by atoms with Crippen molar-refractivity contribution in [3.63, 3.8) is 0 Å². The van der Waals surface area contributed by atoms with E-state index in [0.717, 1.165) is 12.8 Å². The highest BCUT2D eigenvalue weighted by atomic mass is 79.9. The molecule has 0 bridgehead atoms. The molecule has 1 atom stereocenters. The van der Waals surface area contributed by atoms with Gasteiger partial charge in [-0.3, -0.25) is 0 Å². The lowest BCUT2D eigenvalue weighted by atomic mass is 10.0. The number of halogens is 1. The second-order valence-electron chi connectivity index (χ2n) is 3.40. The lowest BCUT2D eigenvalue weighted by Gasteiger charge is -2.09. The summed E-state index contributed by atoms with van der Waals surface area (Å²) in [6.45, 7) is 2.14. The van der Waals surface area contributed by atoms with Gasteiger partial charge in [-0.15, -0.1) is 0 Å². The molecule has 1 aliphatic rings. The number of aryl methyl sites for hydroxylation is 1. The van der Waals surface area contributed by atoms with Crippen LogP contribution in [0.25, 0.3) is 0 Å². The van der Waals surface area contributed by atoms with E-state index >= 15 is 0 Å². The Kier molecular flexibility index (Phi) is 1.97. The molecule has 1 aliphatic carbocycles. The Balaban J connectivity index is 2.64. The SMILES string of the molecule is Cc1ccc(Br)c2c1[C@H](N)CC2. The van der Waals surface area contributed by atoms with Gasteiger partial charge in [0.05, 0.1) is 0 Å². The predicted octanol–water partition coefficient (Wildman–Crippen LogP) is 2.70. The number of nitrogens with two attached hydrogens (primary N) is 1. The van der Waals surface area contributed by atoms with Gasteiger partial charge in [-0.1, -0.05) is 22.0 Å². The van der Waals surface area contributed by atoms with E-state index in [9.17, 15) is 0 Å². The quantitative estimate of drug-likeness (QED) is 0.723. The first-order valence-corrected chi connectivity index (χ1v) is 5.03. The molecular formula is C10H12BrN. The Bertz CT molecular complexity index is 320. The molecule has 0 spiro atoms. The van der Waals surface area contributed by atoms with Crippen LogP contribution in [0.4, 0.5) is 0 Å². The molecule has 0 unspecified atom stereocenters. The highest BCUT2D eigenvalue weighted by molar-refractivity contribution is 9.10. The van der Waals surface area contributed by atoms with E-state index in [1.165, 1.54) is 21.2 Å². The van der Waals surface area contributed by atoms with Crippen molar-refractivity contribution in [3.05, 3.63) is 33.3 Å². The van der Waals surface area contributed by atoms with Gasteiger partial charge in [-0.25, -0.2) is 0 Å². The fourth-order valence-electron chi connectivity index (χ4n) is 1.97. The van der Waals surface area contributed by atoms with Gasteiger partial charge < -0.3 is 5.73 Å². The predicted molar refractivity (Wildman–Crippen MR) is 54.1 cm³/mol. The molecule has 0 aromatic heterocycles.